The zero-order valence-electron chi connectivity index (χ0n) is 11.9. The van der Waals surface area contributed by atoms with Crippen molar-refractivity contribution in [2.75, 3.05) is 6.61 Å². The van der Waals surface area contributed by atoms with Gasteiger partial charge in [-0.25, -0.2) is 4.98 Å². The van der Waals surface area contributed by atoms with Crippen molar-refractivity contribution in [3.05, 3.63) is 51.0 Å². The molecule has 21 heavy (non-hydrogen) atoms. The molecule has 1 heterocycles. The summed E-state index contributed by atoms with van der Waals surface area (Å²) in [5, 5.41) is 14.5. The van der Waals surface area contributed by atoms with Crippen LogP contribution in [0.1, 0.15) is 32.2 Å². The van der Waals surface area contributed by atoms with Crippen molar-refractivity contribution in [1.82, 2.24) is 10.3 Å². The number of aromatic nitrogens is 1. The van der Waals surface area contributed by atoms with E-state index >= 15 is 0 Å². The fourth-order valence-corrected chi connectivity index (χ4v) is 2.54. The summed E-state index contributed by atoms with van der Waals surface area (Å²) >= 11 is 1.52. The molecule has 0 atom stereocenters. The maximum absolute atomic E-state index is 12.3. The Labute approximate surface area is 127 Å². The van der Waals surface area contributed by atoms with Crippen LogP contribution in [0, 0.1) is 25.7 Å². The lowest BCUT2D eigenvalue weighted by molar-refractivity contribution is 0.0950. The molecule has 2 rings (SSSR count). The van der Waals surface area contributed by atoms with Crippen LogP contribution in [-0.2, 0) is 6.54 Å². The summed E-state index contributed by atoms with van der Waals surface area (Å²) < 4.78 is 0. The van der Waals surface area contributed by atoms with E-state index in [9.17, 15) is 4.79 Å². The fraction of sp³-hybridized carbons (Fsp3) is 0.250. The molecule has 0 radical (unpaired) electrons. The number of carbonyl (C=O) groups excluding carboxylic acids is 1. The Morgan fingerprint density at radius 2 is 2.24 bits per heavy atom. The maximum Gasteiger partial charge on any atom is 0.252 e. The topological polar surface area (TPSA) is 62.2 Å². The molecule has 5 heteroatoms. The number of nitrogens with one attached hydrogen (secondary N) is 1. The molecule has 0 aliphatic rings. The lowest BCUT2D eigenvalue weighted by Gasteiger charge is -2.07. The van der Waals surface area contributed by atoms with E-state index in [0.29, 0.717) is 17.7 Å². The Balaban J connectivity index is 2.15. The highest BCUT2D eigenvalue weighted by atomic mass is 32.1. The van der Waals surface area contributed by atoms with Crippen LogP contribution in [-0.4, -0.2) is 22.6 Å². The molecule has 4 nitrogen and oxygen atoms in total. The average molecular weight is 300 g/mol. The van der Waals surface area contributed by atoms with Gasteiger partial charge in [-0.15, -0.1) is 11.3 Å². The number of nitrogens with zero attached hydrogens (tertiary/aromatic N) is 1. The van der Waals surface area contributed by atoms with Crippen molar-refractivity contribution in [2.24, 2.45) is 0 Å². The molecule has 0 spiro atoms. The van der Waals surface area contributed by atoms with Gasteiger partial charge in [-0.2, -0.15) is 0 Å². The van der Waals surface area contributed by atoms with Crippen molar-refractivity contribution >= 4 is 17.2 Å². The number of aryl methyl sites for hydroxylation is 2. The Bertz CT molecular complexity index is 711. The standard InChI is InChI=1S/C16H16N2O2S/c1-11-5-6-13(4-3-7-19)14(8-11)16(20)17-9-15-18-12(2)10-21-15/h5-6,8,10,19H,7,9H2,1-2H3,(H,17,20). The molecule has 108 valence electrons. The van der Waals surface area contributed by atoms with Crippen molar-refractivity contribution in [3.63, 3.8) is 0 Å². The van der Waals surface area contributed by atoms with E-state index in [1.165, 1.54) is 11.3 Å². The molecule has 2 aromatic rings. The lowest BCUT2D eigenvalue weighted by atomic mass is 10.0. The lowest BCUT2D eigenvalue weighted by Crippen LogP contribution is -2.23. The number of hydrogen-bond acceptors (Lipinski definition) is 4. The van der Waals surface area contributed by atoms with E-state index in [4.69, 9.17) is 5.11 Å². The summed E-state index contributed by atoms with van der Waals surface area (Å²) in [6, 6.07) is 5.48. The van der Waals surface area contributed by atoms with E-state index in [1.54, 1.807) is 12.1 Å². The molecule has 0 unspecified atom stereocenters. The summed E-state index contributed by atoms with van der Waals surface area (Å²) in [5.41, 5.74) is 3.07. The van der Waals surface area contributed by atoms with Gasteiger partial charge in [-0.1, -0.05) is 23.5 Å². The summed E-state index contributed by atoms with van der Waals surface area (Å²) in [7, 11) is 0. The molecular weight excluding hydrogens is 284 g/mol. The third-order valence-electron chi connectivity index (χ3n) is 2.79. The number of hydrogen-bond donors (Lipinski definition) is 2. The Morgan fingerprint density at radius 1 is 1.43 bits per heavy atom. The smallest absolute Gasteiger partial charge is 0.252 e. The SMILES string of the molecule is Cc1ccc(C#CCO)c(C(=O)NCc2nc(C)cs2)c1. The molecule has 1 aromatic heterocycles. The average Bonchev–Trinajstić information content (AvgIpc) is 2.89. The number of amides is 1. The zero-order chi connectivity index (χ0) is 15.2. The number of aliphatic hydroxyl groups excluding tert-OH is 1. The van der Waals surface area contributed by atoms with Crippen molar-refractivity contribution in [1.29, 1.82) is 0 Å². The van der Waals surface area contributed by atoms with Gasteiger partial charge in [-0.05, 0) is 26.0 Å². The Kier molecular flexibility index (Phi) is 5.09. The first-order valence-electron chi connectivity index (χ1n) is 6.49. The highest BCUT2D eigenvalue weighted by Gasteiger charge is 2.11. The molecule has 0 aliphatic heterocycles. The molecule has 2 N–H and O–H groups in total. The molecule has 0 saturated heterocycles. The zero-order valence-corrected chi connectivity index (χ0v) is 12.8. The van der Waals surface area contributed by atoms with Crippen LogP contribution in [0.4, 0.5) is 0 Å². The minimum Gasteiger partial charge on any atom is -0.384 e. The van der Waals surface area contributed by atoms with Gasteiger partial charge in [-0.3, -0.25) is 4.79 Å². The highest BCUT2D eigenvalue weighted by molar-refractivity contribution is 7.09. The first-order chi connectivity index (χ1) is 10.1. The second-order valence-electron chi connectivity index (χ2n) is 4.57. The van der Waals surface area contributed by atoms with Crippen LogP contribution < -0.4 is 5.32 Å². The Morgan fingerprint density at radius 3 is 2.90 bits per heavy atom. The maximum atomic E-state index is 12.3. The summed E-state index contributed by atoms with van der Waals surface area (Å²) in [4.78, 5) is 16.6. The molecule has 1 aromatic carbocycles. The van der Waals surface area contributed by atoms with E-state index < -0.39 is 0 Å². The van der Waals surface area contributed by atoms with Gasteiger partial charge in [0.15, 0.2) is 0 Å². The predicted octanol–water partition coefficient (Wildman–Crippen LogP) is 2.03. The van der Waals surface area contributed by atoms with Crippen LogP contribution in [0.2, 0.25) is 0 Å². The third-order valence-corrected chi connectivity index (χ3v) is 3.76. The monoisotopic (exact) mass is 300 g/mol. The van der Waals surface area contributed by atoms with Crippen molar-refractivity contribution in [2.45, 2.75) is 20.4 Å². The normalized spacial score (nSPS) is 9.86. The predicted molar refractivity (Wildman–Crippen MR) is 83.2 cm³/mol. The van der Waals surface area contributed by atoms with Crippen LogP contribution in [0.15, 0.2) is 23.6 Å². The number of thiazole rings is 1. The highest BCUT2D eigenvalue weighted by Crippen LogP contribution is 2.12. The van der Waals surface area contributed by atoms with Gasteiger partial charge in [0.2, 0.25) is 0 Å². The van der Waals surface area contributed by atoms with Gasteiger partial charge in [0.05, 0.1) is 12.1 Å². The van der Waals surface area contributed by atoms with Crippen LogP contribution in [0.3, 0.4) is 0 Å². The first-order valence-corrected chi connectivity index (χ1v) is 7.37. The van der Waals surface area contributed by atoms with E-state index in [2.05, 4.69) is 22.1 Å². The number of carbonyl (C=O) groups is 1. The summed E-state index contributed by atoms with van der Waals surface area (Å²) in [6.45, 7) is 4.01. The molecule has 0 bridgehead atoms. The van der Waals surface area contributed by atoms with Crippen LogP contribution >= 0.6 is 11.3 Å². The second kappa shape index (κ2) is 7.02. The molecule has 0 aliphatic carbocycles. The van der Waals surface area contributed by atoms with Gasteiger partial charge in [0.25, 0.3) is 5.91 Å². The summed E-state index contributed by atoms with van der Waals surface area (Å²) in [6.07, 6.45) is 0. The third kappa shape index (κ3) is 4.15. The molecule has 1 amide bonds. The van der Waals surface area contributed by atoms with Crippen LogP contribution in [0.5, 0.6) is 0 Å². The second-order valence-corrected chi connectivity index (χ2v) is 5.52. The number of benzene rings is 1. The van der Waals surface area contributed by atoms with Crippen molar-refractivity contribution < 1.29 is 9.90 Å². The van der Waals surface area contributed by atoms with E-state index in [1.807, 2.05) is 25.3 Å². The fourth-order valence-electron chi connectivity index (χ4n) is 1.82. The first kappa shape index (κ1) is 15.2. The van der Waals surface area contributed by atoms with Gasteiger partial charge in [0.1, 0.15) is 11.6 Å². The van der Waals surface area contributed by atoms with E-state index in [-0.39, 0.29) is 12.5 Å². The van der Waals surface area contributed by atoms with Crippen LogP contribution in [0.25, 0.3) is 0 Å². The Hall–Kier alpha value is -2.16. The summed E-state index contributed by atoms with van der Waals surface area (Å²) in [5.74, 6) is 5.18. The molecular formula is C16H16N2O2S. The van der Waals surface area contributed by atoms with Gasteiger partial charge >= 0.3 is 0 Å². The van der Waals surface area contributed by atoms with Crippen molar-refractivity contribution in [3.8, 4) is 11.8 Å². The minimum absolute atomic E-state index is 0.186. The van der Waals surface area contributed by atoms with E-state index in [0.717, 1.165) is 16.3 Å². The minimum atomic E-state index is -0.229. The quantitative estimate of drug-likeness (QED) is 0.853. The molecule has 0 saturated carbocycles. The molecule has 0 fully saturated rings. The van der Waals surface area contributed by atoms with Gasteiger partial charge < -0.3 is 10.4 Å². The number of aliphatic hydroxyl groups is 1. The van der Waals surface area contributed by atoms with Gasteiger partial charge in [0, 0.05) is 16.6 Å². The largest absolute Gasteiger partial charge is 0.384 e. The number of rotatable bonds is 3.